The van der Waals surface area contributed by atoms with Gasteiger partial charge in [-0.2, -0.15) is 13.2 Å². The summed E-state index contributed by atoms with van der Waals surface area (Å²) < 4.78 is 39.8. The predicted molar refractivity (Wildman–Crippen MR) is 116 cm³/mol. The van der Waals surface area contributed by atoms with Crippen molar-refractivity contribution in [3.8, 4) is 0 Å². The lowest BCUT2D eigenvalue weighted by molar-refractivity contribution is -0.178. The van der Waals surface area contributed by atoms with E-state index in [1.54, 1.807) is 11.8 Å². The molecule has 2 aliphatic heterocycles. The second-order valence-electron chi connectivity index (χ2n) is 8.34. The number of piperidine rings is 1. The Morgan fingerprint density at radius 2 is 1.69 bits per heavy atom. The van der Waals surface area contributed by atoms with E-state index in [2.05, 4.69) is 11.9 Å². The van der Waals surface area contributed by atoms with Crippen LogP contribution in [0.4, 0.5) is 13.2 Å². The molecule has 3 atom stereocenters. The second-order valence-corrected chi connectivity index (χ2v) is 9.43. The molecule has 0 spiro atoms. The zero-order chi connectivity index (χ0) is 23.2. The van der Waals surface area contributed by atoms with Gasteiger partial charge in [0.25, 0.3) is 0 Å². The third-order valence-corrected chi connectivity index (χ3v) is 7.14. The maximum Gasteiger partial charge on any atom is 0.409 e. The van der Waals surface area contributed by atoms with E-state index >= 15 is 0 Å². The number of carbonyl (C=O) groups is 2. The van der Waals surface area contributed by atoms with Crippen LogP contribution in [-0.2, 0) is 9.59 Å². The van der Waals surface area contributed by atoms with E-state index < -0.39 is 41.9 Å². The summed E-state index contributed by atoms with van der Waals surface area (Å²) in [5.41, 5.74) is 3.96. The van der Waals surface area contributed by atoms with Crippen molar-refractivity contribution in [2.75, 3.05) is 0 Å². The number of amides is 2. The van der Waals surface area contributed by atoms with Crippen molar-refractivity contribution < 1.29 is 22.8 Å². The second kappa shape index (κ2) is 8.31. The molecule has 8 heteroatoms. The topological polar surface area (TPSA) is 58.2 Å². The normalized spacial score (nSPS) is 23.0. The van der Waals surface area contributed by atoms with Gasteiger partial charge in [0.1, 0.15) is 12.0 Å². The number of aryl methyl sites for hydroxylation is 2. The molecule has 2 N–H and O–H groups in total. The lowest BCUT2D eigenvalue weighted by atomic mass is 9.83. The quantitative estimate of drug-likeness (QED) is 0.509. The van der Waals surface area contributed by atoms with Gasteiger partial charge in [-0.05, 0) is 54.7 Å². The number of hydrogen-bond acceptors (Lipinski definition) is 3. The van der Waals surface area contributed by atoms with E-state index in [4.69, 9.17) is 0 Å². The Bertz CT molecular complexity index is 1050. The van der Waals surface area contributed by atoms with Crippen LogP contribution in [0, 0.1) is 25.7 Å². The number of fused-ring (bicyclic) bond motifs is 2. The molecule has 1 fully saturated rings. The highest BCUT2D eigenvalue weighted by molar-refractivity contribution is 7.99. The van der Waals surface area contributed by atoms with Crippen molar-refractivity contribution in [3.63, 3.8) is 0 Å². The first kappa shape index (κ1) is 22.5. The summed E-state index contributed by atoms with van der Waals surface area (Å²) in [6.07, 6.45) is -3.69. The fourth-order valence-electron chi connectivity index (χ4n) is 4.28. The van der Waals surface area contributed by atoms with Crippen molar-refractivity contribution in [2.45, 2.75) is 48.3 Å². The van der Waals surface area contributed by atoms with Crippen LogP contribution in [-0.4, -0.2) is 24.0 Å². The van der Waals surface area contributed by atoms with Crippen molar-refractivity contribution in [2.24, 2.45) is 11.8 Å². The van der Waals surface area contributed by atoms with Gasteiger partial charge in [0.2, 0.25) is 11.8 Å². The molecule has 0 radical (unpaired) electrons. The van der Waals surface area contributed by atoms with E-state index in [0.717, 1.165) is 38.1 Å². The molecule has 2 aromatic rings. The standard InChI is InChI=1S/C24H23F3N2O2S/c1-4-14-11-17(23(31)29-21(14)24(25,26)27)22(30)28-20-15-7-5-12(2)9-18(15)32-19-10-13(3)6-8-16(19)20/h4-10,14,17,20-21H,1,11H2,2-3H3,(H,28,30)(H,29,31). The van der Waals surface area contributed by atoms with Crippen LogP contribution >= 0.6 is 11.8 Å². The van der Waals surface area contributed by atoms with Gasteiger partial charge in [0, 0.05) is 15.7 Å². The lowest BCUT2D eigenvalue weighted by Gasteiger charge is -2.36. The summed E-state index contributed by atoms with van der Waals surface area (Å²) in [6.45, 7) is 7.44. The first-order chi connectivity index (χ1) is 15.1. The summed E-state index contributed by atoms with van der Waals surface area (Å²) in [7, 11) is 0. The highest BCUT2D eigenvalue weighted by Gasteiger charge is 2.50. The van der Waals surface area contributed by atoms with E-state index in [0.29, 0.717) is 0 Å². The molecule has 2 heterocycles. The van der Waals surface area contributed by atoms with E-state index in [1.807, 2.05) is 55.6 Å². The fraction of sp³-hybridized carbons (Fsp3) is 0.333. The molecule has 168 valence electrons. The zero-order valence-electron chi connectivity index (χ0n) is 17.6. The number of nitrogens with one attached hydrogen (secondary N) is 2. The molecule has 1 saturated heterocycles. The average molecular weight is 461 g/mol. The van der Waals surface area contributed by atoms with E-state index in [-0.39, 0.29) is 6.42 Å². The number of carbonyl (C=O) groups excluding carboxylic acids is 2. The summed E-state index contributed by atoms with van der Waals surface area (Å²) in [4.78, 5) is 27.6. The summed E-state index contributed by atoms with van der Waals surface area (Å²) >= 11 is 1.62. The highest BCUT2D eigenvalue weighted by Crippen LogP contribution is 2.45. The molecule has 0 aliphatic carbocycles. The van der Waals surface area contributed by atoms with E-state index in [9.17, 15) is 22.8 Å². The minimum Gasteiger partial charge on any atom is -0.344 e. The summed E-state index contributed by atoms with van der Waals surface area (Å²) in [6, 6.07) is 9.34. The Hall–Kier alpha value is -2.74. The van der Waals surface area contributed by atoms with Gasteiger partial charge in [0.05, 0.1) is 6.04 Å². The number of halogens is 3. The molecule has 0 saturated carbocycles. The molecule has 4 nitrogen and oxygen atoms in total. The molecule has 0 bridgehead atoms. The maximum atomic E-state index is 13.3. The molecule has 2 aromatic carbocycles. The molecule has 2 amide bonds. The smallest absolute Gasteiger partial charge is 0.344 e. The fourth-order valence-corrected chi connectivity index (χ4v) is 5.61. The van der Waals surface area contributed by atoms with Crippen molar-refractivity contribution in [1.29, 1.82) is 0 Å². The predicted octanol–water partition coefficient (Wildman–Crippen LogP) is 4.84. The van der Waals surface area contributed by atoms with Crippen molar-refractivity contribution in [3.05, 3.63) is 71.3 Å². The Morgan fingerprint density at radius 3 is 2.19 bits per heavy atom. The first-order valence-electron chi connectivity index (χ1n) is 10.3. The van der Waals surface area contributed by atoms with Gasteiger partial charge >= 0.3 is 6.18 Å². The van der Waals surface area contributed by atoms with Crippen LogP contribution in [0.1, 0.15) is 34.7 Å². The van der Waals surface area contributed by atoms with Crippen LogP contribution in [0.25, 0.3) is 0 Å². The van der Waals surface area contributed by atoms with E-state index in [1.165, 1.54) is 0 Å². The number of benzene rings is 2. The third kappa shape index (κ3) is 4.16. The van der Waals surface area contributed by atoms with Crippen molar-refractivity contribution >= 4 is 23.6 Å². The Labute approximate surface area is 188 Å². The first-order valence-corrected chi connectivity index (χ1v) is 11.1. The minimum absolute atomic E-state index is 0.242. The van der Waals surface area contributed by atoms with Gasteiger partial charge < -0.3 is 10.6 Å². The zero-order valence-corrected chi connectivity index (χ0v) is 18.4. The molecular formula is C24H23F3N2O2S. The monoisotopic (exact) mass is 460 g/mol. The molecule has 4 rings (SSSR count). The molecule has 2 aliphatic rings. The van der Waals surface area contributed by atoms with Crippen LogP contribution < -0.4 is 10.6 Å². The molecule has 32 heavy (non-hydrogen) atoms. The average Bonchev–Trinajstić information content (AvgIpc) is 2.72. The van der Waals surface area contributed by atoms with Gasteiger partial charge in [-0.3, -0.25) is 9.59 Å². The molecule has 3 unspecified atom stereocenters. The number of rotatable bonds is 3. The Kier molecular flexibility index (Phi) is 5.83. The summed E-state index contributed by atoms with van der Waals surface area (Å²) in [5.74, 6) is -3.81. The molecule has 0 aromatic heterocycles. The maximum absolute atomic E-state index is 13.3. The number of hydrogen-bond donors (Lipinski definition) is 2. The van der Waals surface area contributed by atoms with Crippen LogP contribution in [0.2, 0.25) is 0 Å². The minimum atomic E-state index is -4.61. The molecular weight excluding hydrogens is 437 g/mol. The SMILES string of the molecule is C=CC1CC(C(=O)NC2c3ccc(C)cc3Sc3cc(C)ccc32)C(=O)NC1C(F)(F)F. The van der Waals surface area contributed by atoms with Crippen LogP contribution in [0.5, 0.6) is 0 Å². The highest BCUT2D eigenvalue weighted by atomic mass is 32.2. The summed E-state index contributed by atoms with van der Waals surface area (Å²) in [5, 5.41) is 4.92. The van der Waals surface area contributed by atoms with Gasteiger partial charge in [-0.15, -0.1) is 6.58 Å². The van der Waals surface area contributed by atoms with Gasteiger partial charge in [-0.25, -0.2) is 0 Å². The largest absolute Gasteiger partial charge is 0.409 e. The van der Waals surface area contributed by atoms with Crippen LogP contribution in [0.15, 0.2) is 58.8 Å². The number of alkyl halides is 3. The van der Waals surface area contributed by atoms with Gasteiger partial charge in [0.15, 0.2) is 0 Å². The van der Waals surface area contributed by atoms with Crippen LogP contribution in [0.3, 0.4) is 0 Å². The lowest BCUT2D eigenvalue weighted by Crippen LogP contribution is -2.58. The Balaban J connectivity index is 1.64. The Morgan fingerprint density at radius 1 is 1.12 bits per heavy atom. The van der Waals surface area contributed by atoms with Gasteiger partial charge in [-0.1, -0.05) is 42.1 Å². The van der Waals surface area contributed by atoms with Crippen molar-refractivity contribution in [1.82, 2.24) is 10.6 Å². The third-order valence-electron chi connectivity index (χ3n) is 5.99.